The molecule has 2 aliphatic rings. The molecule has 1 saturated heterocycles. The molecule has 3 aromatic rings. The van der Waals surface area contributed by atoms with Crippen molar-refractivity contribution in [3.05, 3.63) is 33.7 Å². The summed E-state index contributed by atoms with van der Waals surface area (Å²) in [6.45, 7) is 6.63. The van der Waals surface area contributed by atoms with Crippen molar-refractivity contribution in [2.75, 3.05) is 43.3 Å². The van der Waals surface area contributed by atoms with E-state index in [9.17, 15) is 4.79 Å². The predicted molar refractivity (Wildman–Crippen MR) is 133 cm³/mol. The molecule has 0 bridgehead atoms. The fourth-order valence-electron chi connectivity index (χ4n) is 4.33. The lowest BCUT2D eigenvalue weighted by molar-refractivity contribution is -0.148. The Morgan fingerprint density at radius 3 is 2.85 bits per heavy atom. The van der Waals surface area contributed by atoms with Crippen molar-refractivity contribution in [2.24, 2.45) is 5.92 Å². The average molecular weight is 503 g/mol. The van der Waals surface area contributed by atoms with Crippen molar-refractivity contribution >= 4 is 50.9 Å². The Labute approximate surface area is 207 Å². The van der Waals surface area contributed by atoms with Gasteiger partial charge >= 0.3 is 5.97 Å². The predicted octanol–water partition coefficient (Wildman–Crippen LogP) is 4.82. The van der Waals surface area contributed by atoms with Crippen LogP contribution in [-0.2, 0) is 16.0 Å². The summed E-state index contributed by atoms with van der Waals surface area (Å²) in [5.74, 6) is 2.81. The summed E-state index contributed by atoms with van der Waals surface area (Å²) >= 11 is 8.20. The van der Waals surface area contributed by atoms with Gasteiger partial charge < -0.3 is 24.4 Å². The summed E-state index contributed by atoms with van der Waals surface area (Å²) in [5, 5.41) is 5.03. The summed E-state index contributed by atoms with van der Waals surface area (Å²) in [4.78, 5) is 25.8. The maximum absolute atomic E-state index is 12.1. The minimum Gasteiger partial charge on any atom is -0.466 e. The van der Waals surface area contributed by atoms with Crippen LogP contribution in [0.4, 0.5) is 11.8 Å². The molecule has 4 heterocycles. The number of nitrogens with zero attached hydrogens (tertiary/aromatic N) is 3. The van der Waals surface area contributed by atoms with E-state index in [4.69, 9.17) is 35.8 Å². The molecular weight excluding hydrogens is 476 g/mol. The SMILES string of the molecule is CCOC(=O)C1CCN(c2nc(NCCc3ccc4c(c3)OCO4)c3c(Cl)c(C)sc3n2)CC1. The summed E-state index contributed by atoms with van der Waals surface area (Å²) in [5.41, 5.74) is 1.15. The molecule has 0 atom stereocenters. The third-order valence-electron chi connectivity index (χ3n) is 6.18. The highest BCUT2D eigenvalue weighted by atomic mass is 35.5. The summed E-state index contributed by atoms with van der Waals surface area (Å²) in [6.07, 6.45) is 2.26. The van der Waals surface area contributed by atoms with Crippen molar-refractivity contribution < 1.29 is 19.0 Å². The monoisotopic (exact) mass is 502 g/mol. The van der Waals surface area contributed by atoms with E-state index in [-0.39, 0.29) is 18.7 Å². The first kappa shape index (κ1) is 23.0. The molecule has 180 valence electrons. The zero-order chi connectivity index (χ0) is 23.7. The van der Waals surface area contributed by atoms with Gasteiger partial charge in [-0.3, -0.25) is 4.79 Å². The smallest absolute Gasteiger partial charge is 0.309 e. The molecule has 2 aliphatic heterocycles. The number of benzene rings is 1. The van der Waals surface area contributed by atoms with E-state index in [1.807, 2.05) is 32.0 Å². The lowest BCUT2D eigenvalue weighted by Gasteiger charge is -2.31. The van der Waals surface area contributed by atoms with Crippen LogP contribution in [0.3, 0.4) is 0 Å². The fourth-order valence-corrected chi connectivity index (χ4v) is 5.59. The van der Waals surface area contributed by atoms with Crippen molar-refractivity contribution in [3.63, 3.8) is 0 Å². The van der Waals surface area contributed by atoms with Crippen molar-refractivity contribution in [1.82, 2.24) is 9.97 Å². The highest BCUT2D eigenvalue weighted by molar-refractivity contribution is 7.19. The molecule has 0 saturated carbocycles. The quantitative estimate of drug-likeness (QED) is 0.460. The molecule has 1 N–H and O–H groups in total. The molecule has 5 rings (SSSR count). The van der Waals surface area contributed by atoms with E-state index in [1.165, 1.54) is 0 Å². The highest BCUT2D eigenvalue weighted by Crippen LogP contribution is 2.39. The third-order valence-corrected chi connectivity index (χ3v) is 7.77. The van der Waals surface area contributed by atoms with Crippen LogP contribution in [0.5, 0.6) is 11.5 Å². The molecule has 8 nitrogen and oxygen atoms in total. The van der Waals surface area contributed by atoms with E-state index >= 15 is 0 Å². The number of thiophene rings is 1. The Bertz CT molecular complexity index is 1210. The second-order valence-electron chi connectivity index (χ2n) is 8.40. The minimum absolute atomic E-state index is 0.0577. The molecule has 1 fully saturated rings. The van der Waals surface area contributed by atoms with Gasteiger partial charge in [-0.1, -0.05) is 17.7 Å². The van der Waals surface area contributed by atoms with Crippen LogP contribution in [0.2, 0.25) is 5.02 Å². The van der Waals surface area contributed by atoms with Gasteiger partial charge in [-0.05, 0) is 50.8 Å². The lowest BCUT2D eigenvalue weighted by Crippen LogP contribution is -2.38. The van der Waals surface area contributed by atoms with Gasteiger partial charge in [0.1, 0.15) is 10.6 Å². The van der Waals surface area contributed by atoms with Gasteiger partial charge in [0.25, 0.3) is 0 Å². The van der Waals surface area contributed by atoms with Crippen molar-refractivity contribution in [1.29, 1.82) is 0 Å². The van der Waals surface area contributed by atoms with E-state index in [0.29, 0.717) is 37.2 Å². The number of piperidine rings is 1. The number of ether oxygens (including phenoxy) is 3. The Morgan fingerprint density at radius 2 is 2.06 bits per heavy atom. The van der Waals surface area contributed by atoms with Crippen LogP contribution in [0, 0.1) is 12.8 Å². The molecule has 0 spiro atoms. The average Bonchev–Trinajstić information content (AvgIpc) is 3.42. The highest BCUT2D eigenvalue weighted by Gasteiger charge is 2.28. The number of fused-ring (bicyclic) bond motifs is 2. The standard InChI is InChI=1S/C24H27ClN4O4S/c1-3-31-23(30)16-7-10-29(11-8-16)24-27-21(19-20(25)14(2)34-22(19)28-24)26-9-6-15-4-5-17-18(12-15)33-13-32-17/h4-5,12,16H,3,6-11,13H2,1-2H3,(H,26,27,28). The van der Waals surface area contributed by atoms with Gasteiger partial charge in [-0.2, -0.15) is 4.98 Å². The summed E-state index contributed by atoms with van der Waals surface area (Å²) in [7, 11) is 0. The van der Waals surface area contributed by atoms with E-state index < -0.39 is 0 Å². The first-order valence-electron chi connectivity index (χ1n) is 11.5. The van der Waals surface area contributed by atoms with Crippen LogP contribution in [0.15, 0.2) is 18.2 Å². The number of carbonyl (C=O) groups excluding carboxylic acids is 1. The molecular formula is C24H27ClN4O4S. The maximum atomic E-state index is 12.1. The van der Waals surface area contributed by atoms with Gasteiger partial charge in [-0.15, -0.1) is 11.3 Å². The van der Waals surface area contributed by atoms with E-state index in [0.717, 1.165) is 57.2 Å². The number of nitrogens with one attached hydrogen (secondary N) is 1. The second-order valence-corrected chi connectivity index (χ2v) is 9.98. The number of carbonyl (C=O) groups is 1. The Morgan fingerprint density at radius 1 is 1.26 bits per heavy atom. The summed E-state index contributed by atoms with van der Waals surface area (Å²) < 4.78 is 16.1. The number of rotatable bonds is 7. The number of hydrogen-bond acceptors (Lipinski definition) is 9. The molecule has 0 unspecified atom stereocenters. The first-order chi connectivity index (χ1) is 16.5. The van der Waals surface area contributed by atoms with Gasteiger partial charge in [0, 0.05) is 24.5 Å². The normalized spacial score (nSPS) is 15.7. The minimum atomic E-state index is -0.106. The zero-order valence-electron chi connectivity index (χ0n) is 19.2. The number of anilines is 2. The molecule has 34 heavy (non-hydrogen) atoms. The molecule has 2 aromatic heterocycles. The number of esters is 1. The number of aryl methyl sites for hydroxylation is 1. The van der Waals surface area contributed by atoms with Crippen molar-refractivity contribution in [3.8, 4) is 11.5 Å². The van der Waals surface area contributed by atoms with Gasteiger partial charge in [-0.25, -0.2) is 4.98 Å². The first-order valence-corrected chi connectivity index (χ1v) is 12.7. The second kappa shape index (κ2) is 9.84. The Hall–Kier alpha value is -2.78. The molecule has 0 aliphatic carbocycles. The zero-order valence-corrected chi connectivity index (χ0v) is 20.8. The fraction of sp³-hybridized carbons (Fsp3) is 0.458. The van der Waals surface area contributed by atoms with E-state index in [1.54, 1.807) is 11.3 Å². The molecule has 10 heteroatoms. The molecule has 0 radical (unpaired) electrons. The van der Waals surface area contributed by atoms with Crippen LogP contribution >= 0.6 is 22.9 Å². The third kappa shape index (κ3) is 4.59. The van der Waals surface area contributed by atoms with Crippen LogP contribution in [0.25, 0.3) is 10.2 Å². The Balaban J connectivity index is 1.32. The van der Waals surface area contributed by atoms with Gasteiger partial charge in [0.15, 0.2) is 11.5 Å². The van der Waals surface area contributed by atoms with E-state index in [2.05, 4.69) is 10.2 Å². The van der Waals surface area contributed by atoms with Crippen LogP contribution < -0.4 is 19.7 Å². The largest absolute Gasteiger partial charge is 0.466 e. The summed E-state index contributed by atoms with van der Waals surface area (Å²) in [6, 6.07) is 6.00. The number of aromatic nitrogens is 2. The van der Waals surface area contributed by atoms with Crippen LogP contribution in [-0.4, -0.2) is 49.0 Å². The van der Waals surface area contributed by atoms with Gasteiger partial charge in [0.2, 0.25) is 12.7 Å². The number of hydrogen-bond donors (Lipinski definition) is 1. The Kier molecular flexibility index (Phi) is 6.65. The number of halogens is 1. The molecule has 0 amide bonds. The van der Waals surface area contributed by atoms with Crippen molar-refractivity contribution in [2.45, 2.75) is 33.1 Å². The van der Waals surface area contributed by atoms with Crippen LogP contribution in [0.1, 0.15) is 30.2 Å². The molecule has 1 aromatic carbocycles. The maximum Gasteiger partial charge on any atom is 0.309 e. The van der Waals surface area contributed by atoms with Gasteiger partial charge in [0.05, 0.1) is 22.9 Å². The lowest BCUT2D eigenvalue weighted by atomic mass is 9.97. The topological polar surface area (TPSA) is 85.8 Å².